The number of nitrogens with one attached hydrogen (secondary N) is 3. The fourth-order valence-corrected chi connectivity index (χ4v) is 4.48. The number of anilines is 1. The molecule has 2 saturated carbocycles. The highest BCUT2D eigenvalue weighted by molar-refractivity contribution is 5.86. The van der Waals surface area contributed by atoms with Gasteiger partial charge in [0.05, 0.1) is 28.5 Å². The summed E-state index contributed by atoms with van der Waals surface area (Å²) >= 11 is 0. The summed E-state index contributed by atoms with van der Waals surface area (Å²) in [4.78, 5) is 15.9. The molecule has 0 atom stereocenters. The van der Waals surface area contributed by atoms with E-state index in [-0.39, 0.29) is 11.4 Å². The molecular weight excluding hydrogens is 445 g/mol. The Morgan fingerprint density at radius 3 is 2.49 bits per heavy atom. The van der Waals surface area contributed by atoms with Gasteiger partial charge in [-0.05, 0) is 70.6 Å². The number of hydrogen-bond acceptors (Lipinski definition) is 6. The maximum Gasteiger partial charge on any atom is 0.159 e. The van der Waals surface area contributed by atoms with Crippen molar-refractivity contribution >= 4 is 23.1 Å². The summed E-state index contributed by atoms with van der Waals surface area (Å²) in [6.45, 7) is 2.50. The van der Waals surface area contributed by atoms with Crippen molar-refractivity contribution in [2.45, 2.75) is 63.5 Å². The summed E-state index contributed by atoms with van der Waals surface area (Å²) in [5.41, 5.74) is 7.05. The first kappa shape index (κ1) is 24.9. The van der Waals surface area contributed by atoms with Crippen LogP contribution in [0.3, 0.4) is 0 Å². The van der Waals surface area contributed by atoms with Crippen LogP contribution < -0.4 is 16.4 Å². The van der Waals surface area contributed by atoms with Crippen molar-refractivity contribution < 1.29 is 9.18 Å². The average molecular weight is 480 g/mol. The number of benzene rings is 1. The first-order chi connectivity index (χ1) is 17.2. The molecule has 3 fully saturated rings. The number of nitrogens with zero attached hydrogens (tertiary/aromatic N) is 3. The molecule has 3 aromatic rings. The topological polar surface area (TPSA) is 114 Å². The quantitative estimate of drug-likeness (QED) is 0.335. The Morgan fingerprint density at radius 2 is 1.86 bits per heavy atom. The van der Waals surface area contributed by atoms with Crippen molar-refractivity contribution in [3.8, 4) is 11.8 Å². The lowest BCUT2D eigenvalue weighted by Crippen LogP contribution is -2.15. The van der Waals surface area contributed by atoms with Gasteiger partial charge < -0.3 is 20.9 Å². The van der Waals surface area contributed by atoms with Crippen LogP contribution in [0.1, 0.15) is 79.0 Å². The Balaban J connectivity index is 0.000000362. The van der Waals surface area contributed by atoms with Crippen LogP contribution in [0.4, 0.5) is 10.2 Å². The number of rotatable bonds is 4. The highest BCUT2D eigenvalue weighted by Crippen LogP contribution is 2.37. The zero-order chi connectivity index (χ0) is 24.6. The number of H-pyrrole nitrogens is 1. The maximum atomic E-state index is 14.6. The Labute approximate surface area is 205 Å². The molecule has 2 aromatic heterocycles. The molecular formula is C26H34FN7O. The van der Waals surface area contributed by atoms with Crippen LogP contribution in [0.2, 0.25) is 0 Å². The zero-order valence-electron chi connectivity index (χ0n) is 20.2. The summed E-state index contributed by atoms with van der Waals surface area (Å²) in [6, 6.07) is 3.92. The van der Waals surface area contributed by atoms with Crippen molar-refractivity contribution in [2.24, 2.45) is 5.73 Å². The third-order valence-electron chi connectivity index (χ3n) is 6.50. The third kappa shape index (κ3) is 6.08. The number of aromatic amines is 1. The predicted molar refractivity (Wildman–Crippen MR) is 136 cm³/mol. The molecule has 3 aliphatic rings. The van der Waals surface area contributed by atoms with Gasteiger partial charge in [-0.3, -0.25) is 9.89 Å². The van der Waals surface area contributed by atoms with E-state index in [0.717, 1.165) is 43.0 Å². The number of halogens is 1. The molecule has 6 rings (SSSR count). The molecule has 9 heteroatoms. The van der Waals surface area contributed by atoms with Crippen LogP contribution in [0.25, 0.3) is 11.0 Å². The van der Waals surface area contributed by atoms with E-state index in [1.807, 2.05) is 4.57 Å². The molecule has 0 spiro atoms. The number of fused-ring (bicyclic) bond motifs is 1. The maximum absolute atomic E-state index is 14.6. The van der Waals surface area contributed by atoms with Gasteiger partial charge in [0.25, 0.3) is 0 Å². The van der Waals surface area contributed by atoms with Gasteiger partial charge in [-0.25, -0.2) is 9.37 Å². The van der Waals surface area contributed by atoms with Gasteiger partial charge >= 0.3 is 0 Å². The first-order valence-electron chi connectivity index (χ1n) is 12.5. The van der Waals surface area contributed by atoms with Crippen molar-refractivity contribution in [2.75, 3.05) is 25.5 Å². The highest BCUT2D eigenvalue weighted by atomic mass is 19.1. The SMILES string of the molecule is C1CCNC1.CN.O=Cc1c(NC2CCCC2)n[nH]c1C#Cc1cc2ncn(C3CC3)c2cc1F. The molecule has 0 unspecified atom stereocenters. The number of imidazole rings is 1. The molecule has 35 heavy (non-hydrogen) atoms. The Bertz CT molecular complexity index is 1180. The molecule has 0 radical (unpaired) electrons. The number of aromatic nitrogens is 4. The van der Waals surface area contributed by atoms with Crippen LogP contribution in [-0.2, 0) is 0 Å². The first-order valence-corrected chi connectivity index (χ1v) is 12.5. The van der Waals surface area contributed by atoms with Crippen molar-refractivity contribution in [1.29, 1.82) is 0 Å². The minimum atomic E-state index is -0.390. The van der Waals surface area contributed by atoms with E-state index in [1.54, 1.807) is 12.4 Å². The van der Waals surface area contributed by atoms with Crippen LogP contribution >= 0.6 is 0 Å². The van der Waals surface area contributed by atoms with Crippen LogP contribution in [0.15, 0.2) is 18.5 Å². The normalized spacial score (nSPS) is 17.1. The third-order valence-corrected chi connectivity index (χ3v) is 6.50. The molecule has 3 heterocycles. The summed E-state index contributed by atoms with van der Waals surface area (Å²) in [6.07, 6.45) is 12.0. The summed E-state index contributed by atoms with van der Waals surface area (Å²) in [7, 11) is 1.50. The minimum absolute atomic E-state index is 0.255. The summed E-state index contributed by atoms with van der Waals surface area (Å²) in [5, 5.41) is 13.5. The molecule has 8 nitrogen and oxygen atoms in total. The molecule has 1 aromatic carbocycles. The van der Waals surface area contributed by atoms with Gasteiger partial charge in [-0.15, -0.1) is 0 Å². The van der Waals surface area contributed by atoms with Gasteiger partial charge in [-0.2, -0.15) is 5.10 Å². The molecule has 1 aliphatic heterocycles. The molecule has 2 aliphatic carbocycles. The Kier molecular flexibility index (Phi) is 8.50. The van der Waals surface area contributed by atoms with E-state index < -0.39 is 0 Å². The number of carbonyl (C=O) groups is 1. The fraction of sp³-hybridized carbons (Fsp3) is 0.500. The van der Waals surface area contributed by atoms with Crippen LogP contribution in [0, 0.1) is 17.7 Å². The standard InChI is InChI=1S/C21H20FN5O.C4H9N.CH5N/c22-17-10-20-19(23-12-27(20)15-6-7-15)9-13(17)5-8-18-16(11-28)21(26-25-18)24-14-3-1-2-4-14;1-2-4-5-3-1;1-2/h9-12,14-15H,1-4,6-7H2,(H2,24,25,26);5H,1-4H2;2H2,1H3. The smallest absolute Gasteiger partial charge is 0.159 e. The lowest BCUT2D eigenvalue weighted by Gasteiger charge is -2.10. The Hall–Kier alpha value is -3.22. The molecule has 0 bridgehead atoms. The average Bonchev–Trinajstić information content (AvgIpc) is 3.38. The fourth-order valence-electron chi connectivity index (χ4n) is 4.48. The summed E-state index contributed by atoms with van der Waals surface area (Å²) in [5.74, 6) is 5.81. The summed E-state index contributed by atoms with van der Waals surface area (Å²) < 4.78 is 16.6. The lowest BCUT2D eigenvalue weighted by atomic mass is 10.1. The number of carbonyl (C=O) groups excluding carboxylic acids is 1. The van der Waals surface area contributed by atoms with Gasteiger partial charge in [0.1, 0.15) is 11.5 Å². The molecule has 0 amide bonds. The highest BCUT2D eigenvalue weighted by Gasteiger charge is 2.25. The number of nitrogens with two attached hydrogens (primary N) is 1. The van der Waals surface area contributed by atoms with Crippen LogP contribution in [-0.4, -0.2) is 52.2 Å². The van der Waals surface area contributed by atoms with Gasteiger partial charge in [0.15, 0.2) is 12.1 Å². The van der Waals surface area contributed by atoms with Gasteiger partial charge in [0.2, 0.25) is 0 Å². The van der Waals surface area contributed by atoms with Crippen LogP contribution in [0.5, 0.6) is 0 Å². The van der Waals surface area contributed by atoms with Crippen molar-refractivity contribution in [3.05, 3.63) is 41.1 Å². The van der Waals surface area contributed by atoms with Gasteiger partial charge in [0, 0.05) is 18.2 Å². The van der Waals surface area contributed by atoms with Gasteiger partial charge in [-0.1, -0.05) is 18.8 Å². The largest absolute Gasteiger partial charge is 0.365 e. The van der Waals surface area contributed by atoms with E-state index >= 15 is 0 Å². The monoisotopic (exact) mass is 479 g/mol. The minimum Gasteiger partial charge on any atom is -0.365 e. The molecule has 186 valence electrons. The second-order valence-electron chi connectivity index (χ2n) is 9.02. The van der Waals surface area contributed by atoms with Crippen molar-refractivity contribution in [3.63, 3.8) is 0 Å². The number of hydrogen-bond donors (Lipinski definition) is 4. The zero-order valence-corrected chi connectivity index (χ0v) is 20.2. The van der Waals surface area contributed by atoms with E-state index in [1.165, 1.54) is 51.9 Å². The molecule has 5 N–H and O–H groups in total. The van der Waals surface area contributed by atoms with E-state index in [0.29, 0.717) is 29.2 Å². The Morgan fingerprint density at radius 1 is 1.11 bits per heavy atom. The predicted octanol–water partition coefficient (Wildman–Crippen LogP) is 3.74. The number of aldehydes is 1. The lowest BCUT2D eigenvalue weighted by molar-refractivity contribution is 0.112. The second kappa shape index (κ2) is 12.0. The van der Waals surface area contributed by atoms with Crippen molar-refractivity contribution in [1.82, 2.24) is 25.1 Å². The van der Waals surface area contributed by atoms with E-state index in [2.05, 4.69) is 43.4 Å². The molecule has 1 saturated heterocycles. The van der Waals surface area contributed by atoms with E-state index in [4.69, 9.17) is 0 Å². The second-order valence-corrected chi connectivity index (χ2v) is 9.02. The van der Waals surface area contributed by atoms with E-state index in [9.17, 15) is 9.18 Å².